The summed E-state index contributed by atoms with van der Waals surface area (Å²) in [5, 5.41) is 13.3. The van der Waals surface area contributed by atoms with Crippen LogP contribution in [0.3, 0.4) is 0 Å². The predicted octanol–water partition coefficient (Wildman–Crippen LogP) is 1.56. The SMILES string of the molecule is CCN(CC)CC(=O)NCC(C)(O)c1cc(C)oc1C. The van der Waals surface area contributed by atoms with Gasteiger partial charge < -0.3 is 14.8 Å². The fourth-order valence-corrected chi connectivity index (χ4v) is 2.24. The van der Waals surface area contributed by atoms with Gasteiger partial charge in [0.25, 0.3) is 0 Å². The number of aliphatic hydroxyl groups is 1. The van der Waals surface area contributed by atoms with Crippen LogP contribution in [0.4, 0.5) is 0 Å². The first-order chi connectivity index (χ1) is 9.30. The van der Waals surface area contributed by atoms with E-state index in [1.54, 1.807) is 6.92 Å². The summed E-state index contributed by atoms with van der Waals surface area (Å²) in [6, 6.07) is 1.81. The van der Waals surface area contributed by atoms with Gasteiger partial charge in [-0.2, -0.15) is 0 Å². The molecule has 1 rings (SSSR count). The summed E-state index contributed by atoms with van der Waals surface area (Å²) in [5.74, 6) is 1.37. The third kappa shape index (κ3) is 4.35. The number of carbonyl (C=O) groups excluding carboxylic acids is 1. The molecule has 0 aliphatic carbocycles. The summed E-state index contributed by atoms with van der Waals surface area (Å²) in [6.45, 7) is 11.6. The lowest BCUT2D eigenvalue weighted by atomic mass is 9.96. The Hall–Kier alpha value is -1.33. The Labute approximate surface area is 121 Å². The van der Waals surface area contributed by atoms with E-state index in [0.29, 0.717) is 12.3 Å². The van der Waals surface area contributed by atoms with Crippen molar-refractivity contribution in [2.24, 2.45) is 0 Å². The average Bonchev–Trinajstić information content (AvgIpc) is 2.73. The molecule has 0 fully saturated rings. The Morgan fingerprint density at radius 1 is 1.40 bits per heavy atom. The van der Waals surface area contributed by atoms with Gasteiger partial charge in [-0.1, -0.05) is 13.8 Å². The van der Waals surface area contributed by atoms with Crippen LogP contribution in [0.1, 0.15) is 37.9 Å². The predicted molar refractivity (Wildman–Crippen MR) is 78.6 cm³/mol. The van der Waals surface area contributed by atoms with Gasteiger partial charge in [0.2, 0.25) is 5.91 Å². The van der Waals surface area contributed by atoms with Gasteiger partial charge in [0.05, 0.1) is 13.1 Å². The van der Waals surface area contributed by atoms with Crippen molar-refractivity contribution in [3.8, 4) is 0 Å². The summed E-state index contributed by atoms with van der Waals surface area (Å²) < 4.78 is 5.43. The number of likely N-dealkylation sites (N-methyl/N-ethyl adjacent to an activating group) is 1. The molecule has 20 heavy (non-hydrogen) atoms. The molecule has 0 spiro atoms. The molecule has 0 radical (unpaired) electrons. The first-order valence-corrected chi connectivity index (χ1v) is 7.09. The molecule has 1 heterocycles. The Bertz CT molecular complexity index is 448. The standard InChI is InChI=1S/C15H26N2O3/c1-6-17(7-2)9-14(18)16-10-15(5,19)13-8-11(3)20-12(13)4/h8,19H,6-7,9-10H2,1-5H3,(H,16,18). The van der Waals surface area contributed by atoms with Crippen LogP contribution in [-0.2, 0) is 10.4 Å². The highest BCUT2D eigenvalue weighted by molar-refractivity contribution is 5.78. The van der Waals surface area contributed by atoms with E-state index in [0.717, 1.165) is 24.4 Å². The van der Waals surface area contributed by atoms with E-state index in [9.17, 15) is 9.90 Å². The van der Waals surface area contributed by atoms with Crippen molar-refractivity contribution in [3.63, 3.8) is 0 Å². The van der Waals surface area contributed by atoms with Crippen LogP contribution in [-0.4, -0.2) is 42.1 Å². The maximum atomic E-state index is 11.9. The van der Waals surface area contributed by atoms with E-state index in [-0.39, 0.29) is 12.5 Å². The third-order valence-corrected chi connectivity index (χ3v) is 3.51. The maximum Gasteiger partial charge on any atom is 0.234 e. The second-order valence-electron chi connectivity index (χ2n) is 5.34. The smallest absolute Gasteiger partial charge is 0.234 e. The minimum atomic E-state index is -1.12. The van der Waals surface area contributed by atoms with Crippen LogP contribution in [0.5, 0.6) is 0 Å². The monoisotopic (exact) mass is 282 g/mol. The van der Waals surface area contributed by atoms with Gasteiger partial charge in [-0.3, -0.25) is 9.69 Å². The Balaban J connectivity index is 2.59. The van der Waals surface area contributed by atoms with Gasteiger partial charge in [-0.05, 0) is 39.9 Å². The normalized spacial score (nSPS) is 14.3. The van der Waals surface area contributed by atoms with E-state index in [1.807, 2.05) is 38.7 Å². The fraction of sp³-hybridized carbons (Fsp3) is 0.667. The number of furan rings is 1. The van der Waals surface area contributed by atoms with Gasteiger partial charge in [0.15, 0.2) is 0 Å². The highest BCUT2D eigenvalue weighted by Gasteiger charge is 2.28. The number of nitrogens with one attached hydrogen (secondary N) is 1. The number of hydrogen-bond acceptors (Lipinski definition) is 4. The molecule has 0 saturated carbocycles. The molecule has 2 N–H and O–H groups in total. The van der Waals surface area contributed by atoms with Crippen molar-refractivity contribution in [3.05, 3.63) is 23.2 Å². The summed E-state index contributed by atoms with van der Waals surface area (Å²) in [4.78, 5) is 13.9. The average molecular weight is 282 g/mol. The summed E-state index contributed by atoms with van der Waals surface area (Å²) >= 11 is 0. The quantitative estimate of drug-likeness (QED) is 0.796. The molecule has 1 amide bonds. The molecule has 0 bridgehead atoms. The van der Waals surface area contributed by atoms with Crippen LogP contribution in [0, 0.1) is 13.8 Å². The number of amides is 1. The lowest BCUT2D eigenvalue weighted by Gasteiger charge is -2.24. The van der Waals surface area contributed by atoms with Crippen molar-refractivity contribution in [2.75, 3.05) is 26.2 Å². The molecule has 1 aromatic heterocycles. The number of nitrogens with zero attached hydrogens (tertiary/aromatic N) is 1. The minimum Gasteiger partial charge on any atom is -0.466 e. The lowest BCUT2D eigenvalue weighted by Crippen LogP contribution is -2.43. The molecule has 0 aromatic carbocycles. The van der Waals surface area contributed by atoms with Crippen molar-refractivity contribution < 1.29 is 14.3 Å². The van der Waals surface area contributed by atoms with Crippen LogP contribution < -0.4 is 5.32 Å². The first-order valence-electron chi connectivity index (χ1n) is 7.09. The van der Waals surface area contributed by atoms with Crippen LogP contribution in [0.25, 0.3) is 0 Å². The Morgan fingerprint density at radius 2 is 2.00 bits per heavy atom. The van der Waals surface area contributed by atoms with Gasteiger partial charge in [-0.15, -0.1) is 0 Å². The number of rotatable bonds is 7. The molecule has 0 saturated heterocycles. The van der Waals surface area contributed by atoms with Crippen LogP contribution in [0.15, 0.2) is 10.5 Å². The third-order valence-electron chi connectivity index (χ3n) is 3.51. The number of hydrogen-bond donors (Lipinski definition) is 2. The molecule has 5 nitrogen and oxygen atoms in total. The van der Waals surface area contributed by atoms with Crippen LogP contribution in [0.2, 0.25) is 0 Å². The summed E-state index contributed by atoms with van der Waals surface area (Å²) in [5.41, 5.74) is -0.404. The van der Waals surface area contributed by atoms with Crippen LogP contribution >= 0.6 is 0 Å². The molecular formula is C15H26N2O3. The molecule has 0 aliphatic heterocycles. The number of carbonyl (C=O) groups is 1. The zero-order chi connectivity index (χ0) is 15.3. The largest absolute Gasteiger partial charge is 0.466 e. The molecule has 114 valence electrons. The highest BCUT2D eigenvalue weighted by atomic mass is 16.3. The van der Waals surface area contributed by atoms with Crippen molar-refractivity contribution in [2.45, 2.75) is 40.2 Å². The van der Waals surface area contributed by atoms with E-state index >= 15 is 0 Å². The second kappa shape index (κ2) is 6.90. The number of aryl methyl sites for hydroxylation is 2. The zero-order valence-corrected chi connectivity index (χ0v) is 13.1. The molecule has 0 aliphatic rings. The van der Waals surface area contributed by atoms with E-state index in [2.05, 4.69) is 5.32 Å². The van der Waals surface area contributed by atoms with Gasteiger partial charge in [0, 0.05) is 5.56 Å². The van der Waals surface area contributed by atoms with Crippen molar-refractivity contribution >= 4 is 5.91 Å². The molecule has 1 atom stereocenters. The topological polar surface area (TPSA) is 65.7 Å². The lowest BCUT2D eigenvalue weighted by molar-refractivity contribution is -0.123. The van der Waals surface area contributed by atoms with Gasteiger partial charge in [-0.25, -0.2) is 0 Å². The Morgan fingerprint density at radius 3 is 2.45 bits per heavy atom. The van der Waals surface area contributed by atoms with Gasteiger partial charge >= 0.3 is 0 Å². The molecule has 5 heteroatoms. The summed E-state index contributed by atoms with van der Waals surface area (Å²) in [6.07, 6.45) is 0. The fourth-order valence-electron chi connectivity index (χ4n) is 2.24. The van der Waals surface area contributed by atoms with Gasteiger partial charge in [0.1, 0.15) is 17.1 Å². The van der Waals surface area contributed by atoms with E-state index in [4.69, 9.17) is 4.42 Å². The first kappa shape index (κ1) is 16.7. The Kier molecular flexibility index (Phi) is 5.77. The van der Waals surface area contributed by atoms with E-state index in [1.165, 1.54) is 0 Å². The zero-order valence-electron chi connectivity index (χ0n) is 13.1. The highest BCUT2D eigenvalue weighted by Crippen LogP contribution is 2.26. The van der Waals surface area contributed by atoms with Crippen molar-refractivity contribution in [1.29, 1.82) is 0 Å². The summed E-state index contributed by atoms with van der Waals surface area (Å²) in [7, 11) is 0. The minimum absolute atomic E-state index is 0.0770. The van der Waals surface area contributed by atoms with E-state index < -0.39 is 5.60 Å². The molecular weight excluding hydrogens is 256 g/mol. The maximum absolute atomic E-state index is 11.9. The molecule has 1 unspecified atom stereocenters. The van der Waals surface area contributed by atoms with Crippen molar-refractivity contribution in [1.82, 2.24) is 10.2 Å². The second-order valence-corrected chi connectivity index (χ2v) is 5.34. The molecule has 1 aromatic rings.